The third kappa shape index (κ3) is 3.46. The van der Waals surface area contributed by atoms with Crippen molar-refractivity contribution in [3.8, 4) is 0 Å². The number of carbonyl (C=O) groups is 1. The maximum absolute atomic E-state index is 12.6. The van der Waals surface area contributed by atoms with Crippen molar-refractivity contribution < 1.29 is 4.79 Å². The van der Waals surface area contributed by atoms with E-state index in [4.69, 9.17) is 0 Å². The minimum Gasteiger partial charge on any atom is -0.349 e. The van der Waals surface area contributed by atoms with Crippen LogP contribution in [0.5, 0.6) is 0 Å². The molecule has 2 rings (SSSR count). The van der Waals surface area contributed by atoms with Crippen LogP contribution >= 0.6 is 0 Å². The van der Waals surface area contributed by atoms with E-state index in [1.165, 1.54) is 0 Å². The molecule has 2 N–H and O–H groups in total. The Morgan fingerprint density at radius 3 is 2.19 bits per heavy atom. The van der Waals surface area contributed by atoms with E-state index in [0.717, 1.165) is 24.2 Å². The highest BCUT2D eigenvalue weighted by atomic mass is 16.1. The Balaban J connectivity index is 2.16. The molecule has 118 valence electrons. The van der Waals surface area contributed by atoms with Gasteiger partial charge in [0.15, 0.2) is 0 Å². The summed E-state index contributed by atoms with van der Waals surface area (Å²) in [5.41, 5.74) is 2.47. The van der Waals surface area contributed by atoms with Gasteiger partial charge in [-0.3, -0.25) is 9.48 Å². The molecule has 0 saturated carbocycles. The van der Waals surface area contributed by atoms with Crippen molar-refractivity contribution in [2.24, 2.45) is 7.05 Å². The number of nitrogens with zero attached hydrogens (tertiary/aromatic N) is 2. The molecule has 0 atom stereocenters. The van der Waals surface area contributed by atoms with Gasteiger partial charge in [-0.15, -0.1) is 0 Å². The SMILES string of the molecule is Cc1nn(C)c(C)c1C(=O)NC1CC(C)(C)NC(C)(C)C1. The maximum Gasteiger partial charge on any atom is 0.255 e. The lowest BCUT2D eigenvalue weighted by atomic mass is 9.79. The molecule has 0 spiro atoms. The number of piperidine rings is 1. The van der Waals surface area contributed by atoms with Crippen LogP contribution in [-0.2, 0) is 7.05 Å². The van der Waals surface area contributed by atoms with Crippen LogP contribution in [0.25, 0.3) is 0 Å². The van der Waals surface area contributed by atoms with Crippen LogP contribution in [-0.4, -0.2) is 32.8 Å². The van der Waals surface area contributed by atoms with Gasteiger partial charge in [0.1, 0.15) is 0 Å². The summed E-state index contributed by atoms with van der Waals surface area (Å²) >= 11 is 0. The van der Waals surface area contributed by atoms with Gasteiger partial charge in [0.2, 0.25) is 0 Å². The van der Waals surface area contributed by atoms with Crippen molar-refractivity contribution >= 4 is 5.91 Å². The zero-order valence-corrected chi connectivity index (χ0v) is 14.3. The second kappa shape index (κ2) is 5.13. The number of aryl methyl sites for hydroxylation is 2. The first-order valence-corrected chi connectivity index (χ1v) is 7.61. The summed E-state index contributed by atoms with van der Waals surface area (Å²) in [5, 5.41) is 11.2. The highest BCUT2D eigenvalue weighted by molar-refractivity contribution is 5.96. The Morgan fingerprint density at radius 1 is 1.24 bits per heavy atom. The summed E-state index contributed by atoms with van der Waals surface area (Å²) in [5.74, 6) is -0.00315. The molecular weight excluding hydrogens is 264 g/mol. The van der Waals surface area contributed by atoms with E-state index in [1.807, 2.05) is 20.9 Å². The molecule has 0 unspecified atom stereocenters. The summed E-state index contributed by atoms with van der Waals surface area (Å²) < 4.78 is 1.76. The number of nitrogens with one attached hydrogen (secondary N) is 2. The van der Waals surface area contributed by atoms with Crippen LogP contribution in [0.2, 0.25) is 0 Å². The molecule has 1 saturated heterocycles. The Bertz CT molecular complexity index is 541. The molecule has 2 heterocycles. The van der Waals surface area contributed by atoms with E-state index in [0.29, 0.717) is 5.56 Å². The quantitative estimate of drug-likeness (QED) is 0.877. The summed E-state index contributed by atoms with van der Waals surface area (Å²) in [6, 6.07) is 0.183. The zero-order valence-electron chi connectivity index (χ0n) is 14.3. The molecular formula is C16H28N4O. The molecule has 1 amide bonds. The van der Waals surface area contributed by atoms with Crippen LogP contribution in [0.3, 0.4) is 0 Å². The van der Waals surface area contributed by atoms with Gasteiger partial charge in [-0.25, -0.2) is 0 Å². The Kier molecular flexibility index (Phi) is 3.91. The smallest absolute Gasteiger partial charge is 0.255 e. The lowest BCUT2D eigenvalue weighted by Gasteiger charge is -2.46. The Labute approximate surface area is 127 Å². The average Bonchev–Trinajstić information content (AvgIpc) is 2.47. The molecule has 0 aliphatic carbocycles. The fraction of sp³-hybridized carbons (Fsp3) is 0.750. The van der Waals surface area contributed by atoms with E-state index in [2.05, 4.69) is 43.4 Å². The zero-order chi connectivity index (χ0) is 16.0. The second-order valence-corrected chi connectivity index (χ2v) is 7.64. The van der Waals surface area contributed by atoms with Gasteiger partial charge in [0.25, 0.3) is 5.91 Å². The molecule has 1 aliphatic heterocycles. The number of amides is 1. The van der Waals surface area contributed by atoms with Crippen LogP contribution in [0.4, 0.5) is 0 Å². The number of carbonyl (C=O) groups excluding carboxylic acids is 1. The van der Waals surface area contributed by atoms with Crippen molar-refractivity contribution in [2.45, 2.75) is 71.5 Å². The molecule has 1 aliphatic rings. The molecule has 0 aromatic carbocycles. The first-order chi connectivity index (χ1) is 9.51. The lowest BCUT2D eigenvalue weighted by Crippen LogP contribution is -2.62. The molecule has 1 aromatic rings. The predicted octanol–water partition coefficient (Wildman–Crippen LogP) is 2.08. The summed E-state index contributed by atoms with van der Waals surface area (Å²) in [4.78, 5) is 12.6. The highest BCUT2D eigenvalue weighted by Gasteiger charge is 2.38. The summed E-state index contributed by atoms with van der Waals surface area (Å²) in [6.07, 6.45) is 1.86. The fourth-order valence-corrected chi connectivity index (χ4v) is 3.78. The number of hydrogen-bond acceptors (Lipinski definition) is 3. The standard InChI is InChI=1S/C16H28N4O/c1-10-13(11(2)20(7)18-10)14(21)17-12-8-15(3,4)19-16(5,6)9-12/h12,19H,8-9H2,1-7H3,(H,17,21). The largest absolute Gasteiger partial charge is 0.349 e. The Hall–Kier alpha value is -1.36. The number of hydrogen-bond donors (Lipinski definition) is 2. The van der Waals surface area contributed by atoms with E-state index >= 15 is 0 Å². The third-order valence-electron chi connectivity index (χ3n) is 4.26. The van der Waals surface area contributed by atoms with Gasteiger partial charge in [-0.05, 0) is 54.4 Å². The molecule has 1 aromatic heterocycles. The van der Waals surface area contributed by atoms with Crippen LogP contribution in [0, 0.1) is 13.8 Å². The van der Waals surface area contributed by atoms with E-state index < -0.39 is 0 Å². The monoisotopic (exact) mass is 292 g/mol. The van der Waals surface area contributed by atoms with Gasteiger partial charge in [0, 0.05) is 29.9 Å². The third-order valence-corrected chi connectivity index (χ3v) is 4.26. The van der Waals surface area contributed by atoms with Crippen molar-refractivity contribution in [1.82, 2.24) is 20.4 Å². The van der Waals surface area contributed by atoms with E-state index in [9.17, 15) is 4.79 Å². The lowest BCUT2D eigenvalue weighted by molar-refractivity contribution is 0.0872. The van der Waals surface area contributed by atoms with Crippen molar-refractivity contribution in [2.75, 3.05) is 0 Å². The molecule has 0 radical (unpaired) electrons. The van der Waals surface area contributed by atoms with Crippen LogP contribution in [0.1, 0.15) is 62.3 Å². The average molecular weight is 292 g/mol. The molecule has 5 nitrogen and oxygen atoms in total. The first-order valence-electron chi connectivity index (χ1n) is 7.61. The number of aromatic nitrogens is 2. The minimum absolute atomic E-state index is 0.00315. The van der Waals surface area contributed by atoms with Crippen molar-refractivity contribution in [3.05, 3.63) is 17.0 Å². The van der Waals surface area contributed by atoms with Gasteiger partial charge in [-0.1, -0.05) is 0 Å². The van der Waals surface area contributed by atoms with Gasteiger partial charge in [0.05, 0.1) is 11.3 Å². The van der Waals surface area contributed by atoms with Gasteiger partial charge >= 0.3 is 0 Å². The van der Waals surface area contributed by atoms with Crippen LogP contribution in [0.15, 0.2) is 0 Å². The van der Waals surface area contributed by atoms with E-state index in [-0.39, 0.29) is 23.0 Å². The number of rotatable bonds is 2. The molecule has 0 bridgehead atoms. The van der Waals surface area contributed by atoms with E-state index in [1.54, 1.807) is 4.68 Å². The summed E-state index contributed by atoms with van der Waals surface area (Å²) in [7, 11) is 1.87. The van der Waals surface area contributed by atoms with Crippen molar-refractivity contribution in [1.29, 1.82) is 0 Å². The van der Waals surface area contributed by atoms with Crippen LogP contribution < -0.4 is 10.6 Å². The summed E-state index contributed by atoms with van der Waals surface area (Å²) in [6.45, 7) is 12.6. The van der Waals surface area contributed by atoms with Gasteiger partial charge < -0.3 is 10.6 Å². The normalized spacial score (nSPS) is 21.3. The maximum atomic E-state index is 12.6. The molecule has 1 fully saturated rings. The second-order valence-electron chi connectivity index (χ2n) is 7.64. The molecule has 21 heavy (non-hydrogen) atoms. The highest BCUT2D eigenvalue weighted by Crippen LogP contribution is 2.28. The molecule has 5 heteroatoms. The topological polar surface area (TPSA) is 59.0 Å². The fourth-order valence-electron chi connectivity index (χ4n) is 3.78. The predicted molar refractivity (Wildman–Crippen MR) is 84.5 cm³/mol. The minimum atomic E-state index is -0.00315. The van der Waals surface area contributed by atoms with Gasteiger partial charge in [-0.2, -0.15) is 5.10 Å². The Morgan fingerprint density at radius 2 is 1.76 bits per heavy atom. The van der Waals surface area contributed by atoms with Crippen molar-refractivity contribution in [3.63, 3.8) is 0 Å². The first kappa shape index (κ1) is 16.0.